The Morgan fingerprint density at radius 3 is 2.61 bits per heavy atom. The molecule has 4 rings (SSSR count). The molecule has 3 aromatic carbocycles. The zero-order valence-corrected chi connectivity index (χ0v) is 18.5. The van der Waals surface area contributed by atoms with E-state index in [-0.39, 0.29) is 11.2 Å². The number of carbonyl (C=O) groups is 1. The predicted molar refractivity (Wildman–Crippen MR) is 129 cm³/mol. The van der Waals surface area contributed by atoms with Crippen molar-refractivity contribution in [2.24, 2.45) is 10.2 Å². The Kier molecular flexibility index (Phi) is 6.67. The Morgan fingerprint density at radius 2 is 1.84 bits per heavy atom. The van der Waals surface area contributed by atoms with Crippen LogP contribution in [0.1, 0.15) is 30.9 Å². The molecule has 0 N–H and O–H groups in total. The van der Waals surface area contributed by atoms with Crippen LogP contribution in [0.2, 0.25) is 0 Å². The van der Waals surface area contributed by atoms with Gasteiger partial charge in [0.1, 0.15) is 5.75 Å². The van der Waals surface area contributed by atoms with E-state index in [9.17, 15) is 4.79 Å². The van der Waals surface area contributed by atoms with E-state index in [0.29, 0.717) is 11.7 Å². The molecule has 1 heterocycles. The average Bonchev–Trinajstić information content (AvgIpc) is 3.09. The number of thioether (sulfide) groups is 1. The van der Waals surface area contributed by atoms with E-state index in [0.717, 1.165) is 35.1 Å². The Bertz CT molecular complexity index is 1120. The van der Waals surface area contributed by atoms with Crippen molar-refractivity contribution in [3.63, 3.8) is 0 Å². The van der Waals surface area contributed by atoms with E-state index in [1.165, 1.54) is 17.1 Å². The summed E-state index contributed by atoms with van der Waals surface area (Å²) in [5, 5.41) is 11.6. The summed E-state index contributed by atoms with van der Waals surface area (Å²) in [6.45, 7) is 2.59. The summed E-state index contributed by atoms with van der Waals surface area (Å²) < 4.78 is 5.18. The van der Waals surface area contributed by atoms with E-state index in [2.05, 4.69) is 41.4 Å². The molecular formula is C25H25N3O2S. The maximum absolute atomic E-state index is 13.1. The van der Waals surface area contributed by atoms with Gasteiger partial charge in [-0.05, 0) is 52.6 Å². The lowest BCUT2D eigenvalue weighted by molar-refractivity contribution is -0.126. The summed E-state index contributed by atoms with van der Waals surface area (Å²) in [5.41, 5.74) is 2.03. The number of methoxy groups -OCH3 is 1. The highest BCUT2D eigenvalue weighted by atomic mass is 32.2. The normalized spacial score (nSPS) is 17.9. The van der Waals surface area contributed by atoms with Gasteiger partial charge in [-0.3, -0.25) is 9.69 Å². The number of ether oxygens (including phenoxy) is 1. The average molecular weight is 432 g/mol. The van der Waals surface area contributed by atoms with Crippen molar-refractivity contribution in [2.45, 2.75) is 31.6 Å². The van der Waals surface area contributed by atoms with Gasteiger partial charge >= 0.3 is 0 Å². The van der Waals surface area contributed by atoms with Gasteiger partial charge in [0.15, 0.2) is 5.17 Å². The van der Waals surface area contributed by atoms with Crippen LogP contribution in [0, 0.1) is 0 Å². The fourth-order valence-electron chi connectivity index (χ4n) is 3.61. The molecule has 0 bridgehead atoms. The molecule has 6 heteroatoms. The molecule has 1 aliphatic heterocycles. The van der Waals surface area contributed by atoms with Crippen LogP contribution in [-0.2, 0) is 11.3 Å². The lowest BCUT2D eigenvalue weighted by Gasteiger charge is -2.17. The smallest absolute Gasteiger partial charge is 0.242 e. The number of rotatable bonds is 7. The van der Waals surface area contributed by atoms with E-state index in [1.54, 1.807) is 18.2 Å². The van der Waals surface area contributed by atoms with Crippen LogP contribution in [0.4, 0.5) is 0 Å². The summed E-state index contributed by atoms with van der Waals surface area (Å²) in [5.74, 6) is 0.905. The van der Waals surface area contributed by atoms with Crippen LogP contribution in [0.5, 0.6) is 5.75 Å². The number of nitrogens with zero attached hydrogens (tertiary/aromatic N) is 3. The first-order valence-electron chi connectivity index (χ1n) is 10.4. The number of amides is 1. The van der Waals surface area contributed by atoms with Crippen LogP contribution < -0.4 is 4.74 Å². The third-order valence-electron chi connectivity index (χ3n) is 5.25. The fraction of sp³-hybridized carbons (Fsp3) is 0.240. The van der Waals surface area contributed by atoms with Crippen molar-refractivity contribution >= 4 is 39.8 Å². The fourth-order valence-corrected chi connectivity index (χ4v) is 4.82. The number of hydrogen-bond donors (Lipinski definition) is 0. The second-order valence-electron chi connectivity index (χ2n) is 7.36. The molecule has 1 amide bonds. The van der Waals surface area contributed by atoms with Crippen molar-refractivity contribution < 1.29 is 9.53 Å². The molecule has 0 spiro atoms. The molecule has 1 fully saturated rings. The number of amidine groups is 1. The molecule has 31 heavy (non-hydrogen) atoms. The molecule has 5 nitrogen and oxygen atoms in total. The third kappa shape index (κ3) is 4.80. The first-order valence-corrected chi connectivity index (χ1v) is 11.3. The molecule has 0 aromatic heterocycles. The minimum Gasteiger partial charge on any atom is -0.497 e. The van der Waals surface area contributed by atoms with Gasteiger partial charge in [0, 0.05) is 0 Å². The molecular weight excluding hydrogens is 406 g/mol. The molecule has 3 aromatic rings. The number of fused-ring (bicyclic) bond motifs is 1. The van der Waals surface area contributed by atoms with Gasteiger partial charge < -0.3 is 4.74 Å². The second kappa shape index (κ2) is 9.79. The number of hydrogen-bond acceptors (Lipinski definition) is 5. The van der Waals surface area contributed by atoms with Crippen molar-refractivity contribution in [3.05, 3.63) is 77.9 Å². The zero-order valence-electron chi connectivity index (χ0n) is 17.7. The van der Waals surface area contributed by atoms with Crippen molar-refractivity contribution in [1.82, 2.24) is 4.90 Å². The molecule has 0 radical (unpaired) electrons. The first kappa shape index (κ1) is 21.1. The van der Waals surface area contributed by atoms with Crippen LogP contribution in [0.15, 0.2) is 76.9 Å². The van der Waals surface area contributed by atoms with Crippen LogP contribution >= 0.6 is 11.8 Å². The maximum atomic E-state index is 13.1. The first-order chi connectivity index (χ1) is 15.2. The van der Waals surface area contributed by atoms with Crippen LogP contribution in [0.25, 0.3) is 10.8 Å². The predicted octanol–water partition coefficient (Wildman–Crippen LogP) is 5.48. The van der Waals surface area contributed by atoms with Gasteiger partial charge in [-0.25, -0.2) is 0 Å². The summed E-state index contributed by atoms with van der Waals surface area (Å²) in [7, 11) is 1.64. The second-order valence-corrected chi connectivity index (χ2v) is 8.53. The Labute approximate surface area is 186 Å². The van der Waals surface area contributed by atoms with Gasteiger partial charge in [-0.2, -0.15) is 5.10 Å². The van der Waals surface area contributed by atoms with E-state index < -0.39 is 0 Å². The van der Waals surface area contributed by atoms with Gasteiger partial charge in [0.05, 0.1) is 25.1 Å². The van der Waals surface area contributed by atoms with E-state index in [1.807, 2.05) is 42.5 Å². The van der Waals surface area contributed by atoms with Gasteiger partial charge in [0.25, 0.3) is 0 Å². The SMILES string of the molecule is CCC[C@H]1S/C(=N/N=C\c2ccc(OC)cc2)N(Cc2cccc3ccccc23)C1=O. The third-order valence-corrected chi connectivity index (χ3v) is 6.48. The molecule has 1 atom stereocenters. The minimum atomic E-state index is -0.102. The zero-order chi connectivity index (χ0) is 21.6. The topological polar surface area (TPSA) is 54.3 Å². The summed E-state index contributed by atoms with van der Waals surface area (Å²) in [6.07, 6.45) is 3.48. The highest BCUT2D eigenvalue weighted by Gasteiger charge is 2.37. The molecule has 0 unspecified atom stereocenters. The minimum absolute atomic E-state index is 0.102. The number of carbonyl (C=O) groups excluding carboxylic acids is 1. The summed E-state index contributed by atoms with van der Waals surface area (Å²) in [4.78, 5) is 14.9. The monoisotopic (exact) mass is 431 g/mol. The van der Waals surface area contributed by atoms with E-state index >= 15 is 0 Å². The highest BCUT2D eigenvalue weighted by Crippen LogP contribution is 2.32. The molecule has 0 saturated carbocycles. The van der Waals surface area contributed by atoms with Crippen LogP contribution in [0.3, 0.4) is 0 Å². The summed E-state index contributed by atoms with van der Waals surface area (Å²) >= 11 is 1.51. The Balaban J connectivity index is 1.60. The lowest BCUT2D eigenvalue weighted by Crippen LogP contribution is -2.31. The van der Waals surface area contributed by atoms with E-state index in [4.69, 9.17) is 4.74 Å². The van der Waals surface area contributed by atoms with Crippen LogP contribution in [-0.4, -0.2) is 34.5 Å². The van der Waals surface area contributed by atoms with Crippen molar-refractivity contribution in [2.75, 3.05) is 7.11 Å². The number of benzene rings is 3. The molecule has 1 saturated heterocycles. The Morgan fingerprint density at radius 1 is 1.06 bits per heavy atom. The summed E-state index contributed by atoms with van der Waals surface area (Å²) in [6, 6.07) is 22.0. The van der Waals surface area contributed by atoms with Gasteiger partial charge in [-0.1, -0.05) is 67.6 Å². The van der Waals surface area contributed by atoms with Crippen molar-refractivity contribution in [1.29, 1.82) is 0 Å². The maximum Gasteiger partial charge on any atom is 0.242 e. The lowest BCUT2D eigenvalue weighted by atomic mass is 10.0. The van der Waals surface area contributed by atoms with Gasteiger partial charge in [0.2, 0.25) is 5.91 Å². The van der Waals surface area contributed by atoms with Crippen molar-refractivity contribution in [3.8, 4) is 5.75 Å². The Hall–Kier alpha value is -3.12. The molecule has 1 aliphatic rings. The standard InChI is InChI=1S/C25H25N3O2S/c1-3-7-23-24(29)28(17-20-10-6-9-19-8-4-5-11-22(19)20)25(31-23)27-26-16-18-12-14-21(30-2)15-13-18/h4-6,8-16,23H,3,7,17H2,1-2H3/b26-16-,27-25+/t23-/m1/s1. The highest BCUT2D eigenvalue weighted by molar-refractivity contribution is 8.15. The van der Waals surface area contributed by atoms with Gasteiger partial charge in [-0.15, -0.1) is 5.10 Å². The molecule has 0 aliphatic carbocycles. The largest absolute Gasteiger partial charge is 0.497 e. The quantitative estimate of drug-likeness (QED) is 0.368. The molecule has 158 valence electrons.